The van der Waals surface area contributed by atoms with Gasteiger partial charge in [-0.2, -0.15) is 11.8 Å². The van der Waals surface area contributed by atoms with E-state index in [1.54, 1.807) is 23.9 Å². The Bertz CT molecular complexity index is 909. The number of amides is 1. The molecular weight excluding hydrogens is 350 g/mol. The predicted octanol–water partition coefficient (Wildman–Crippen LogP) is 3.08. The highest BCUT2D eigenvalue weighted by atomic mass is 32.2. The number of nitrogens with zero attached hydrogens (tertiary/aromatic N) is 2. The van der Waals surface area contributed by atoms with Gasteiger partial charge in [-0.15, -0.1) is 0 Å². The van der Waals surface area contributed by atoms with Crippen molar-refractivity contribution in [3.8, 4) is 0 Å². The zero-order chi connectivity index (χ0) is 18.4. The Kier molecular flexibility index (Phi) is 5.91. The molecule has 3 aromatic rings. The molecular formula is C19H19N3O3S. The Morgan fingerprint density at radius 2 is 1.85 bits per heavy atom. The summed E-state index contributed by atoms with van der Waals surface area (Å²) in [5, 5.41) is 2.68. The van der Waals surface area contributed by atoms with E-state index in [9.17, 15) is 9.59 Å². The Hall–Kier alpha value is -2.80. The summed E-state index contributed by atoms with van der Waals surface area (Å²) in [5.41, 5.74) is 2.38. The topological polar surface area (TPSA) is 73.2 Å². The van der Waals surface area contributed by atoms with E-state index in [0.717, 1.165) is 16.9 Å². The van der Waals surface area contributed by atoms with E-state index in [4.69, 9.17) is 4.74 Å². The highest BCUT2D eigenvalue weighted by Gasteiger charge is 2.15. The fraction of sp³-hybridized carbons (Fsp3) is 0.211. The number of fused-ring (bicyclic) bond motifs is 1. The molecule has 0 atom stereocenters. The smallest absolute Gasteiger partial charge is 0.326 e. The summed E-state index contributed by atoms with van der Waals surface area (Å²) in [6, 6.07) is 16.7. The Balaban J connectivity index is 1.62. The molecule has 0 unspecified atom stereocenters. The maximum absolute atomic E-state index is 12.2. The molecule has 1 heterocycles. The molecule has 1 amide bonds. The van der Waals surface area contributed by atoms with Crippen molar-refractivity contribution in [2.45, 2.75) is 12.3 Å². The molecule has 7 heteroatoms. The number of para-hydroxylation sites is 3. The van der Waals surface area contributed by atoms with E-state index in [1.807, 2.05) is 53.3 Å². The van der Waals surface area contributed by atoms with Crippen molar-refractivity contribution >= 4 is 40.4 Å². The first kappa shape index (κ1) is 18.0. The van der Waals surface area contributed by atoms with Gasteiger partial charge in [-0.3, -0.25) is 9.59 Å². The average molecular weight is 369 g/mol. The summed E-state index contributed by atoms with van der Waals surface area (Å²) < 4.78 is 6.96. The Morgan fingerprint density at radius 3 is 2.62 bits per heavy atom. The third kappa shape index (κ3) is 4.43. The molecule has 1 N–H and O–H groups in total. The van der Waals surface area contributed by atoms with E-state index >= 15 is 0 Å². The summed E-state index contributed by atoms with van der Waals surface area (Å²) in [4.78, 5) is 28.7. The van der Waals surface area contributed by atoms with Crippen LogP contribution in [0, 0.1) is 0 Å². The molecule has 26 heavy (non-hydrogen) atoms. The van der Waals surface area contributed by atoms with Gasteiger partial charge in [0.05, 0.1) is 16.8 Å². The molecule has 3 rings (SSSR count). The van der Waals surface area contributed by atoms with Crippen LogP contribution in [-0.4, -0.2) is 34.3 Å². The largest absolute Gasteiger partial charge is 0.454 e. The second-order valence-electron chi connectivity index (χ2n) is 5.61. The highest BCUT2D eigenvalue weighted by Crippen LogP contribution is 2.19. The quantitative estimate of drug-likeness (QED) is 0.648. The molecule has 1 aromatic heterocycles. The summed E-state index contributed by atoms with van der Waals surface area (Å²) >= 11 is 1.63. The maximum Gasteiger partial charge on any atom is 0.326 e. The van der Waals surface area contributed by atoms with E-state index in [2.05, 4.69) is 10.3 Å². The van der Waals surface area contributed by atoms with Crippen molar-refractivity contribution in [1.82, 2.24) is 9.55 Å². The molecule has 0 spiro atoms. The van der Waals surface area contributed by atoms with Gasteiger partial charge >= 0.3 is 5.97 Å². The van der Waals surface area contributed by atoms with Crippen LogP contribution in [0.3, 0.4) is 0 Å². The molecule has 0 saturated carbocycles. The fourth-order valence-corrected chi connectivity index (χ4v) is 3.06. The van der Waals surface area contributed by atoms with Crippen LogP contribution in [0.1, 0.15) is 5.82 Å². The summed E-state index contributed by atoms with van der Waals surface area (Å²) in [7, 11) is 0. The number of esters is 1. The number of ether oxygens (including phenoxy) is 1. The number of imidazole rings is 1. The van der Waals surface area contributed by atoms with Crippen LogP contribution in [0.2, 0.25) is 0 Å². The monoisotopic (exact) mass is 369 g/mol. The van der Waals surface area contributed by atoms with Crippen molar-refractivity contribution < 1.29 is 14.3 Å². The third-order valence-corrected chi connectivity index (χ3v) is 4.26. The van der Waals surface area contributed by atoms with Crippen LogP contribution in [0.25, 0.3) is 11.0 Å². The molecule has 2 aromatic carbocycles. The zero-order valence-electron chi connectivity index (χ0n) is 14.3. The Morgan fingerprint density at radius 1 is 1.12 bits per heavy atom. The first-order valence-electron chi connectivity index (χ1n) is 8.11. The van der Waals surface area contributed by atoms with E-state index in [-0.39, 0.29) is 19.1 Å². The number of hydrogen-bond acceptors (Lipinski definition) is 5. The first-order chi connectivity index (χ1) is 12.7. The number of rotatable bonds is 7. The van der Waals surface area contributed by atoms with E-state index in [0.29, 0.717) is 11.4 Å². The second-order valence-corrected chi connectivity index (χ2v) is 6.48. The zero-order valence-corrected chi connectivity index (χ0v) is 15.2. The summed E-state index contributed by atoms with van der Waals surface area (Å²) in [5.74, 6) is 0.656. The van der Waals surface area contributed by atoms with Gasteiger partial charge in [0.15, 0.2) is 6.61 Å². The van der Waals surface area contributed by atoms with Crippen molar-refractivity contribution in [2.24, 2.45) is 0 Å². The lowest BCUT2D eigenvalue weighted by Gasteiger charge is -2.09. The molecule has 0 aliphatic rings. The number of benzene rings is 2. The van der Waals surface area contributed by atoms with Crippen LogP contribution >= 0.6 is 11.8 Å². The molecule has 0 aliphatic carbocycles. The minimum atomic E-state index is -0.473. The average Bonchev–Trinajstić information content (AvgIpc) is 2.99. The number of carbonyl (C=O) groups excluding carboxylic acids is 2. The SMILES string of the molecule is CSCc1nc2ccccc2n1CC(=O)OCC(=O)Nc1ccccc1. The lowest BCUT2D eigenvalue weighted by molar-refractivity contribution is -0.147. The number of hydrogen-bond donors (Lipinski definition) is 1. The molecule has 0 aliphatic heterocycles. The fourth-order valence-electron chi connectivity index (χ4n) is 2.58. The molecule has 0 bridgehead atoms. The minimum Gasteiger partial charge on any atom is -0.454 e. The second kappa shape index (κ2) is 8.53. The number of carbonyl (C=O) groups is 2. The normalized spacial score (nSPS) is 10.7. The van der Waals surface area contributed by atoms with Gasteiger partial charge in [-0.1, -0.05) is 30.3 Å². The van der Waals surface area contributed by atoms with Crippen molar-refractivity contribution in [2.75, 3.05) is 18.2 Å². The highest BCUT2D eigenvalue weighted by molar-refractivity contribution is 7.97. The van der Waals surface area contributed by atoms with Crippen LogP contribution in [0.5, 0.6) is 0 Å². The van der Waals surface area contributed by atoms with Crippen molar-refractivity contribution in [1.29, 1.82) is 0 Å². The van der Waals surface area contributed by atoms with Crippen LogP contribution in [-0.2, 0) is 26.6 Å². The predicted molar refractivity (Wildman–Crippen MR) is 103 cm³/mol. The van der Waals surface area contributed by atoms with Crippen LogP contribution in [0.4, 0.5) is 5.69 Å². The Labute approximate surface area is 155 Å². The van der Waals surface area contributed by atoms with Gasteiger partial charge in [-0.25, -0.2) is 4.98 Å². The molecule has 0 saturated heterocycles. The number of aromatic nitrogens is 2. The van der Waals surface area contributed by atoms with Gasteiger partial charge in [-0.05, 0) is 30.5 Å². The summed E-state index contributed by atoms with van der Waals surface area (Å²) in [6.45, 7) is -0.298. The lowest BCUT2D eigenvalue weighted by atomic mass is 10.3. The number of anilines is 1. The van der Waals surface area contributed by atoms with Gasteiger partial charge in [0.25, 0.3) is 5.91 Å². The van der Waals surface area contributed by atoms with Gasteiger partial charge < -0.3 is 14.6 Å². The van der Waals surface area contributed by atoms with Gasteiger partial charge in [0.2, 0.25) is 0 Å². The maximum atomic E-state index is 12.2. The number of thioether (sulfide) groups is 1. The van der Waals surface area contributed by atoms with Crippen LogP contribution in [0.15, 0.2) is 54.6 Å². The van der Waals surface area contributed by atoms with E-state index < -0.39 is 5.97 Å². The van der Waals surface area contributed by atoms with E-state index in [1.165, 1.54) is 0 Å². The third-order valence-electron chi connectivity index (χ3n) is 3.72. The van der Waals surface area contributed by atoms with Gasteiger partial charge in [0, 0.05) is 5.69 Å². The lowest BCUT2D eigenvalue weighted by Crippen LogP contribution is -2.23. The van der Waals surface area contributed by atoms with Gasteiger partial charge in [0.1, 0.15) is 12.4 Å². The number of nitrogens with one attached hydrogen (secondary N) is 1. The molecule has 0 fully saturated rings. The molecule has 6 nitrogen and oxygen atoms in total. The van der Waals surface area contributed by atoms with Crippen molar-refractivity contribution in [3.05, 3.63) is 60.4 Å². The molecule has 0 radical (unpaired) electrons. The first-order valence-corrected chi connectivity index (χ1v) is 9.50. The molecule has 134 valence electrons. The standard InChI is InChI=1S/C19H19N3O3S/c1-26-13-17-21-15-9-5-6-10-16(15)22(17)11-19(24)25-12-18(23)20-14-7-3-2-4-8-14/h2-10H,11-13H2,1H3,(H,20,23). The van der Waals surface area contributed by atoms with Crippen molar-refractivity contribution in [3.63, 3.8) is 0 Å². The van der Waals surface area contributed by atoms with Crippen LogP contribution < -0.4 is 5.32 Å². The summed E-state index contributed by atoms with van der Waals surface area (Å²) in [6.07, 6.45) is 1.98. The minimum absolute atomic E-state index is 0.0228.